The van der Waals surface area contributed by atoms with Crippen LogP contribution in [0.3, 0.4) is 0 Å². The molecule has 1 N–H and O–H groups in total. The Hall–Kier alpha value is -1.35. The molecular weight excluding hydrogens is 805 g/mol. The summed E-state index contributed by atoms with van der Waals surface area (Å²) in [5.74, 6) is -0.264. The van der Waals surface area contributed by atoms with E-state index in [-0.39, 0.29) is 19.2 Å². The van der Waals surface area contributed by atoms with Gasteiger partial charge in [0, 0.05) is 0 Å². The van der Waals surface area contributed by atoms with E-state index in [2.05, 4.69) is 32.9 Å². The van der Waals surface area contributed by atoms with Crippen molar-refractivity contribution in [3.63, 3.8) is 0 Å². The van der Waals surface area contributed by atoms with Crippen LogP contribution in [-0.2, 0) is 24.0 Å². The van der Waals surface area contributed by atoms with Gasteiger partial charge in [-0.15, -0.1) is 0 Å². The number of aryl methyl sites for hydroxylation is 2. The van der Waals surface area contributed by atoms with E-state index in [1.165, 1.54) is 319 Å². The number of hydrogen-bond acceptors (Lipinski definition) is 3. The van der Waals surface area contributed by atoms with Gasteiger partial charge >= 0.3 is 5.97 Å². The molecule has 0 unspecified atom stereocenters. The maximum Gasteiger partial charge on any atom is 0.338 e. The zero-order valence-corrected chi connectivity index (χ0v) is 45.4. The first-order valence-corrected chi connectivity index (χ1v) is 30.6. The molecule has 0 aliphatic carbocycles. The molecular formula is C63H118O3. The number of rotatable bonds is 54. The summed E-state index contributed by atoms with van der Waals surface area (Å²) in [6, 6.07) is 4.37. The molecule has 0 saturated carbocycles. The lowest BCUT2D eigenvalue weighted by molar-refractivity contribution is 0.0433. The number of aliphatic hydroxyl groups excluding tert-OH is 1. The first-order chi connectivity index (χ1) is 32.7. The third kappa shape index (κ3) is 40.5. The summed E-state index contributed by atoms with van der Waals surface area (Å²) in [5.41, 5.74) is 5.08. The van der Waals surface area contributed by atoms with E-state index in [1.54, 1.807) is 5.56 Å². The highest BCUT2D eigenvalue weighted by Gasteiger charge is 2.16. The van der Waals surface area contributed by atoms with Crippen molar-refractivity contribution in [3.8, 4) is 0 Å². The Bertz CT molecular complexity index is 1070. The maximum atomic E-state index is 13.2. The number of carbonyl (C=O) groups excluding carboxylic acids is 1. The summed E-state index contributed by atoms with van der Waals surface area (Å²) in [4.78, 5) is 13.2. The lowest BCUT2D eigenvalue weighted by Crippen LogP contribution is -2.12. The van der Waals surface area contributed by atoms with Gasteiger partial charge in [0.1, 0.15) is 6.61 Å². The Balaban J connectivity index is 2.62. The molecule has 0 radical (unpaired) electrons. The van der Waals surface area contributed by atoms with Crippen molar-refractivity contribution in [1.82, 2.24) is 0 Å². The van der Waals surface area contributed by atoms with Crippen molar-refractivity contribution < 1.29 is 14.6 Å². The van der Waals surface area contributed by atoms with Crippen molar-refractivity contribution in [2.45, 2.75) is 348 Å². The number of unbranched alkanes of at least 4 members (excludes halogenated alkanes) is 45. The Kier molecular flexibility index (Phi) is 48.9. The van der Waals surface area contributed by atoms with Crippen molar-refractivity contribution in [1.29, 1.82) is 0 Å². The second-order valence-electron chi connectivity index (χ2n) is 21.3. The van der Waals surface area contributed by atoms with E-state index >= 15 is 0 Å². The molecule has 0 aliphatic rings. The highest BCUT2D eigenvalue weighted by atomic mass is 16.5. The van der Waals surface area contributed by atoms with Crippen molar-refractivity contribution >= 4 is 5.97 Å². The largest absolute Gasteiger partial charge is 0.460 e. The summed E-state index contributed by atoms with van der Waals surface area (Å²) < 4.78 is 5.50. The van der Waals surface area contributed by atoms with Gasteiger partial charge in [-0.05, 0) is 67.3 Å². The molecule has 1 aromatic rings. The molecule has 1 aromatic carbocycles. The second-order valence-corrected chi connectivity index (χ2v) is 21.3. The summed E-state index contributed by atoms with van der Waals surface area (Å²) in [7, 11) is 0. The average Bonchev–Trinajstić information content (AvgIpc) is 3.33. The van der Waals surface area contributed by atoms with Crippen LogP contribution in [0.5, 0.6) is 0 Å². The highest BCUT2D eigenvalue weighted by Crippen LogP contribution is 2.27. The average molecular weight is 924 g/mol. The fourth-order valence-electron chi connectivity index (χ4n) is 10.5. The van der Waals surface area contributed by atoms with Crippen LogP contribution in [0, 0.1) is 0 Å². The summed E-state index contributed by atoms with van der Waals surface area (Å²) >= 11 is 0. The monoisotopic (exact) mass is 923 g/mol. The van der Waals surface area contributed by atoms with E-state index in [9.17, 15) is 9.90 Å². The predicted molar refractivity (Wildman–Crippen MR) is 294 cm³/mol. The highest BCUT2D eigenvalue weighted by molar-refractivity contribution is 5.90. The van der Waals surface area contributed by atoms with Crippen LogP contribution in [0.4, 0.5) is 0 Å². The smallest absolute Gasteiger partial charge is 0.338 e. The number of esters is 1. The number of aliphatic hydroxyl groups is 1. The maximum absolute atomic E-state index is 13.2. The molecule has 0 amide bonds. The van der Waals surface area contributed by atoms with Gasteiger partial charge in [-0.2, -0.15) is 0 Å². The molecule has 0 aromatic heterocycles. The normalized spacial score (nSPS) is 11.6. The van der Waals surface area contributed by atoms with Crippen LogP contribution >= 0.6 is 0 Å². The van der Waals surface area contributed by atoms with Gasteiger partial charge in [-0.25, -0.2) is 4.79 Å². The minimum atomic E-state index is -0.264. The lowest BCUT2D eigenvalue weighted by atomic mass is 9.88. The van der Waals surface area contributed by atoms with Crippen LogP contribution in [0.25, 0.3) is 0 Å². The van der Waals surface area contributed by atoms with Gasteiger partial charge in [0.25, 0.3) is 0 Å². The van der Waals surface area contributed by atoms with Gasteiger partial charge in [0.2, 0.25) is 0 Å². The zero-order valence-electron chi connectivity index (χ0n) is 45.4. The van der Waals surface area contributed by atoms with Crippen LogP contribution in [-0.4, -0.2) is 24.3 Å². The molecule has 388 valence electrons. The standard InChI is InChI=1S/C63H118O3/c1-4-7-10-13-16-19-22-25-28-31-34-37-40-43-46-49-52-59-57-61(63(65)66-56-55-64)58-60(53-50-47-44-41-38-35-32-29-26-23-20-17-14-11-8-5-2)62(59)54-51-48-45-42-39-36-33-30-27-24-21-18-15-12-9-6-3/h57-58,64H,4-56H2,1-3H3. The van der Waals surface area contributed by atoms with Gasteiger partial charge in [0.05, 0.1) is 12.2 Å². The quantitative estimate of drug-likeness (QED) is 0.0523. The molecule has 3 nitrogen and oxygen atoms in total. The van der Waals surface area contributed by atoms with E-state index in [4.69, 9.17) is 4.74 Å². The molecule has 0 bridgehead atoms. The fraction of sp³-hybridized carbons (Fsp3) is 0.889. The van der Waals surface area contributed by atoms with Gasteiger partial charge in [-0.1, -0.05) is 310 Å². The van der Waals surface area contributed by atoms with Gasteiger partial charge in [-0.3, -0.25) is 0 Å². The Labute approximate surface area is 414 Å². The van der Waals surface area contributed by atoms with Crippen molar-refractivity contribution in [2.75, 3.05) is 13.2 Å². The fourth-order valence-corrected chi connectivity index (χ4v) is 10.5. The first kappa shape index (κ1) is 62.7. The molecule has 1 rings (SSSR count). The van der Waals surface area contributed by atoms with Crippen molar-refractivity contribution in [3.05, 3.63) is 34.4 Å². The van der Waals surface area contributed by atoms with Crippen LogP contribution in [0.15, 0.2) is 12.1 Å². The minimum absolute atomic E-state index is 0.0721. The Morgan fingerprint density at radius 1 is 0.333 bits per heavy atom. The van der Waals surface area contributed by atoms with E-state index in [0.717, 1.165) is 19.3 Å². The molecule has 0 aliphatic heterocycles. The van der Waals surface area contributed by atoms with Crippen LogP contribution < -0.4 is 0 Å². The SMILES string of the molecule is CCCCCCCCCCCCCCCCCCc1cc(C(=O)OCCO)cc(CCCCCCCCCCCCCCCCCC)c1CCCCCCCCCCCCCCCCCC. The van der Waals surface area contributed by atoms with Crippen LogP contribution in [0.2, 0.25) is 0 Å². The molecule has 0 spiro atoms. The number of carbonyl (C=O) groups is 1. The topological polar surface area (TPSA) is 46.5 Å². The predicted octanol–water partition coefficient (Wildman–Crippen LogP) is 21.2. The van der Waals surface area contributed by atoms with E-state index in [0.29, 0.717) is 5.56 Å². The minimum Gasteiger partial charge on any atom is -0.460 e. The van der Waals surface area contributed by atoms with E-state index < -0.39 is 0 Å². The summed E-state index contributed by atoms with van der Waals surface area (Å²) in [6.45, 7) is 6.86. The molecule has 3 heteroatoms. The van der Waals surface area contributed by atoms with Gasteiger partial charge < -0.3 is 9.84 Å². The molecule has 0 atom stereocenters. The van der Waals surface area contributed by atoms with Crippen molar-refractivity contribution in [2.24, 2.45) is 0 Å². The number of hydrogen-bond donors (Lipinski definition) is 1. The number of ether oxygens (including phenoxy) is 1. The number of benzene rings is 1. The zero-order chi connectivity index (χ0) is 47.5. The second kappa shape index (κ2) is 51.5. The molecule has 0 fully saturated rings. The third-order valence-corrected chi connectivity index (χ3v) is 14.9. The third-order valence-electron chi connectivity index (χ3n) is 14.9. The summed E-state index contributed by atoms with van der Waals surface area (Å²) in [5, 5.41) is 9.42. The molecule has 0 heterocycles. The van der Waals surface area contributed by atoms with Crippen LogP contribution in [0.1, 0.15) is 356 Å². The van der Waals surface area contributed by atoms with E-state index in [1.807, 2.05) is 0 Å². The molecule has 0 saturated heterocycles. The molecule has 66 heavy (non-hydrogen) atoms. The lowest BCUT2D eigenvalue weighted by Gasteiger charge is -2.18. The summed E-state index contributed by atoms with van der Waals surface area (Å²) in [6.07, 6.45) is 70.1. The first-order valence-electron chi connectivity index (χ1n) is 30.6. The van der Waals surface area contributed by atoms with Gasteiger partial charge in [0.15, 0.2) is 0 Å². The Morgan fingerprint density at radius 2 is 0.545 bits per heavy atom. The Morgan fingerprint density at radius 3 is 0.773 bits per heavy atom.